The fraction of sp³-hybridized carbons (Fsp3) is 0.111. The van der Waals surface area contributed by atoms with E-state index >= 15 is 0 Å². The summed E-state index contributed by atoms with van der Waals surface area (Å²) in [5.41, 5.74) is 3.87. The predicted octanol–water partition coefficient (Wildman–Crippen LogP) is 4.62. The van der Waals surface area contributed by atoms with E-state index in [1.165, 1.54) is 11.3 Å². The average Bonchev–Trinajstić information content (AvgIpc) is 3.31. The average molecular weight is 381 g/mol. The molecule has 0 saturated heterocycles. The van der Waals surface area contributed by atoms with Crippen molar-refractivity contribution in [2.24, 2.45) is 0 Å². The first-order valence-electron chi connectivity index (χ1n) is 8.04. The smallest absolute Gasteiger partial charge is 0.321 e. The monoisotopic (exact) mass is 381 g/mol. The number of carbonyl (C=O) groups is 1. The molecule has 0 unspecified atom stereocenters. The standard InChI is InChI=1S/C18H15N5OS2/c1-2-20-17(24)23-18-22-14-9-12(11-4-3-5-19-10-11)8-13(15(14)26-18)16-21-6-7-25-16/h3-10H,2H2,1H3,(H2,20,22,23,24). The summed E-state index contributed by atoms with van der Waals surface area (Å²) in [5, 5.41) is 8.95. The van der Waals surface area contributed by atoms with Gasteiger partial charge in [-0.3, -0.25) is 10.3 Å². The second-order valence-corrected chi connectivity index (χ2v) is 7.35. The van der Waals surface area contributed by atoms with Gasteiger partial charge in [0.25, 0.3) is 0 Å². The minimum Gasteiger partial charge on any atom is -0.338 e. The number of fused-ring (bicyclic) bond motifs is 1. The molecule has 6 nitrogen and oxygen atoms in total. The van der Waals surface area contributed by atoms with E-state index < -0.39 is 0 Å². The Balaban J connectivity index is 1.85. The third-order valence-corrected chi connectivity index (χ3v) is 5.53. The number of nitrogens with zero attached hydrogens (tertiary/aromatic N) is 3. The molecule has 0 bridgehead atoms. The molecule has 0 radical (unpaired) electrons. The highest BCUT2D eigenvalue weighted by atomic mass is 32.1. The summed E-state index contributed by atoms with van der Waals surface area (Å²) in [6.45, 7) is 2.44. The highest BCUT2D eigenvalue weighted by Gasteiger charge is 2.15. The first-order chi connectivity index (χ1) is 12.7. The molecule has 0 spiro atoms. The van der Waals surface area contributed by atoms with E-state index in [4.69, 9.17) is 0 Å². The normalized spacial score (nSPS) is 10.8. The first-order valence-corrected chi connectivity index (χ1v) is 9.74. The lowest BCUT2D eigenvalue weighted by molar-refractivity contribution is 0.252. The van der Waals surface area contributed by atoms with Crippen LogP contribution >= 0.6 is 22.7 Å². The molecule has 4 aromatic rings. The molecule has 0 saturated carbocycles. The van der Waals surface area contributed by atoms with Crippen molar-refractivity contribution in [2.45, 2.75) is 6.92 Å². The Bertz CT molecular complexity index is 1040. The van der Waals surface area contributed by atoms with Crippen molar-refractivity contribution in [2.75, 3.05) is 11.9 Å². The van der Waals surface area contributed by atoms with Gasteiger partial charge in [-0.05, 0) is 30.7 Å². The van der Waals surface area contributed by atoms with Gasteiger partial charge in [-0.25, -0.2) is 14.8 Å². The van der Waals surface area contributed by atoms with Crippen LogP contribution in [0.25, 0.3) is 31.9 Å². The molecular formula is C18H15N5OS2. The minimum atomic E-state index is -0.255. The number of rotatable bonds is 4. The number of benzene rings is 1. The quantitative estimate of drug-likeness (QED) is 0.540. The predicted molar refractivity (Wildman–Crippen MR) is 107 cm³/mol. The summed E-state index contributed by atoms with van der Waals surface area (Å²) >= 11 is 3.03. The van der Waals surface area contributed by atoms with Gasteiger partial charge in [0.15, 0.2) is 5.13 Å². The number of amides is 2. The summed E-state index contributed by atoms with van der Waals surface area (Å²) in [5.74, 6) is 0. The van der Waals surface area contributed by atoms with Crippen molar-refractivity contribution < 1.29 is 4.79 Å². The SMILES string of the molecule is CCNC(=O)Nc1nc2cc(-c3cccnc3)cc(-c3nccs3)c2s1. The Kier molecular flexibility index (Phi) is 4.59. The Labute approximate surface area is 158 Å². The van der Waals surface area contributed by atoms with Crippen molar-refractivity contribution in [3.8, 4) is 21.7 Å². The van der Waals surface area contributed by atoms with Gasteiger partial charge in [0.05, 0.1) is 10.2 Å². The van der Waals surface area contributed by atoms with Gasteiger partial charge >= 0.3 is 6.03 Å². The Morgan fingerprint density at radius 3 is 2.88 bits per heavy atom. The Morgan fingerprint density at radius 2 is 2.15 bits per heavy atom. The maximum atomic E-state index is 11.8. The fourth-order valence-electron chi connectivity index (χ4n) is 2.60. The van der Waals surface area contributed by atoms with Gasteiger partial charge in [-0.15, -0.1) is 11.3 Å². The van der Waals surface area contributed by atoms with Crippen LogP contribution in [0.4, 0.5) is 9.93 Å². The van der Waals surface area contributed by atoms with Crippen molar-refractivity contribution >= 4 is 44.1 Å². The van der Waals surface area contributed by atoms with E-state index in [0.717, 1.165) is 31.9 Å². The molecule has 4 rings (SSSR count). The number of thiazole rings is 2. The third-order valence-electron chi connectivity index (χ3n) is 3.71. The topological polar surface area (TPSA) is 79.8 Å². The van der Waals surface area contributed by atoms with Crippen LogP contribution in [0.3, 0.4) is 0 Å². The van der Waals surface area contributed by atoms with Gasteiger partial charge in [-0.2, -0.15) is 0 Å². The Hall–Kier alpha value is -2.84. The van der Waals surface area contributed by atoms with Crippen LogP contribution < -0.4 is 10.6 Å². The summed E-state index contributed by atoms with van der Waals surface area (Å²) < 4.78 is 0.999. The molecule has 0 aliphatic carbocycles. The molecule has 3 aromatic heterocycles. The number of hydrogen-bond donors (Lipinski definition) is 2. The number of carbonyl (C=O) groups excluding carboxylic acids is 1. The summed E-state index contributed by atoms with van der Waals surface area (Å²) in [4.78, 5) is 25.1. The second-order valence-electron chi connectivity index (χ2n) is 5.45. The van der Waals surface area contributed by atoms with Crippen molar-refractivity contribution in [1.29, 1.82) is 0 Å². The molecule has 2 N–H and O–H groups in total. The lowest BCUT2D eigenvalue weighted by Gasteiger charge is -2.05. The van der Waals surface area contributed by atoms with Crippen LogP contribution in [-0.2, 0) is 0 Å². The van der Waals surface area contributed by atoms with E-state index in [2.05, 4.69) is 31.7 Å². The Morgan fingerprint density at radius 1 is 1.23 bits per heavy atom. The number of hydrogen-bond acceptors (Lipinski definition) is 6. The minimum absolute atomic E-state index is 0.255. The molecule has 0 aliphatic rings. The zero-order chi connectivity index (χ0) is 17.9. The zero-order valence-corrected chi connectivity index (χ0v) is 15.5. The summed E-state index contributed by atoms with van der Waals surface area (Å²) in [7, 11) is 0. The van der Waals surface area contributed by atoms with E-state index in [1.54, 1.807) is 23.7 Å². The van der Waals surface area contributed by atoms with E-state index in [9.17, 15) is 4.79 Å². The van der Waals surface area contributed by atoms with Crippen LogP contribution in [0.15, 0.2) is 48.2 Å². The van der Waals surface area contributed by atoms with E-state index in [0.29, 0.717) is 11.7 Å². The molecule has 0 aliphatic heterocycles. The molecule has 130 valence electrons. The van der Waals surface area contributed by atoms with Crippen LogP contribution in [-0.4, -0.2) is 27.5 Å². The number of pyridine rings is 1. The maximum absolute atomic E-state index is 11.8. The number of aromatic nitrogens is 3. The number of anilines is 1. The number of urea groups is 1. The van der Waals surface area contributed by atoms with Crippen LogP contribution in [0.2, 0.25) is 0 Å². The maximum Gasteiger partial charge on any atom is 0.321 e. The molecule has 3 heterocycles. The summed E-state index contributed by atoms with van der Waals surface area (Å²) in [6.07, 6.45) is 5.37. The molecule has 0 atom stereocenters. The van der Waals surface area contributed by atoms with Gasteiger partial charge in [0, 0.05) is 41.6 Å². The second kappa shape index (κ2) is 7.19. The molecule has 0 fully saturated rings. The van der Waals surface area contributed by atoms with Crippen LogP contribution in [0.5, 0.6) is 0 Å². The van der Waals surface area contributed by atoms with E-state index in [-0.39, 0.29) is 6.03 Å². The van der Waals surface area contributed by atoms with Crippen molar-refractivity contribution in [3.63, 3.8) is 0 Å². The molecule has 1 aromatic carbocycles. The zero-order valence-electron chi connectivity index (χ0n) is 13.9. The van der Waals surface area contributed by atoms with Gasteiger partial charge in [0.1, 0.15) is 5.01 Å². The lowest BCUT2D eigenvalue weighted by atomic mass is 10.0. The van der Waals surface area contributed by atoms with Gasteiger partial charge < -0.3 is 5.32 Å². The molecule has 26 heavy (non-hydrogen) atoms. The van der Waals surface area contributed by atoms with E-state index in [1.807, 2.05) is 36.7 Å². The largest absolute Gasteiger partial charge is 0.338 e. The first kappa shape index (κ1) is 16.6. The van der Waals surface area contributed by atoms with Crippen LogP contribution in [0, 0.1) is 0 Å². The summed E-state index contributed by atoms with van der Waals surface area (Å²) in [6, 6.07) is 7.79. The fourth-order valence-corrected chi connectivity index (χ4v) is 4.28. The number of nitrogens with one attached hydrogen (secondary N) is 2. The molecular weight excluding hydrogens is 366 g/mol. The van der Waals surface area contributed by atoms with Crippen molar-refractivity contribution in [1.82, 2.24) is 20.3 Å². The van der Waals surface area contributed by atoms with Crippen LogP contribution in [0.1, 0.15) is 6.92 Å². The van der Waals surface area contributed by atoms with Crippen molar-refractivity contribution in [3.05, 3.63) is 48.2 Å². The highest BCUT2D eigenvalue weighted by molar-refractivity contribution is 7.23. The third kappa shape index (κ3) is 3.29. The lowest BCUT2D eigenvalue weighted by Crippen LogP contribution is -2.28. The molecule has 2 amide bonds. The van der Waals surface area contributed by atoms with Gasteiger partial charge in [-0.1, -0.05) is 17.4 Å². The van der Waals surface area contributed by atoms with Gasteiger partial charge in [0.2, 0.25) is 0 Å². The highest BCUT2D eigenvalue weighted by Crippen LogP contribution is 2.39. The molecule has 8 heteroatoms.